The Morgan fingerprint density at radius 3 is 2.25 bits per heavy atom. The normalized spacial score (nSPS) is 15.6. The van der Waals surface area contributed by atoms with Crippen molar-refractivity contribution in [3.8, 4) is 0 Å². The number of hydrogen-bond donors (Lipinski definition) is 1. The van der Waals surface area contributed by atoms with Crippen LogP contribution < -0.4 is 5.32 Å². The molecule has 1 amide bonds. The lowest BCUT2D eigenvalue weighted by atomic mass is 9.64. The summed E-state index contributed by atoms with van der Waals surface area (Å²) in [6.07, 6.45) is 2.95. The van der Waals surface area contributed by atoms with Crippen LogP contribution in [0.15, 0.2) is 53.0 Å². The molecule has 2 aromatic carbocycles. The molecule has 0 spiro atoms. The van der Waals surface area contributed by atoms with Crippen LogP contribution in [0.4, 0.5) is 0 Å². The van der Waals surface area contributed by atoms with E-state index in [1.54, 1.807) is 7.11 Å². The summed E-state index contributed by atoms with van der Waals surface area (Å²) in [5.74, 6) is 0.136. The van der Waals surface area contributed by atoms with Gasteiger partial charge in [0, 0.05) is 18.1 Å². The van der Waals surface area contributed by atoms with Crippen LogP contribution in [-0.4, -0.2) is 13.0 Å². The van der Waals surface area contributed by atoms with E-state index in [1.807, 2.05) is 36.4 Å². The molecule has 3 nitrogen and oxygen atoms in total. The number of rotatable bonds is 6. The van der Waals surface area contributed by atoms with E-state index in [4.69, 9.17) is 4.74 Å². The number of hydrogen-bond acceptors (Lipinski definition) is 2. The monoisotopic (exact) mass is 387 g/mol. The van der Waals surface area contributed by atoms with Crippen molar-refractivity contribution < 1.29 is 9.53 Å². The summed E-state index contributed by atoms with van der Waals surface area (Å²) in [6.45, 7) is 1.17. The maximum Gasteiger partial charge on any atom is 0.230 e. The summed E-state index contributed by atoms with van der Waals surface area (Å²) in [4.78, 5) is 12.8. The Morgan fingerprint density at radius 2 is 1.71 bits per heavy atom. The second-order valence-corrected chi connectivity index (χ2v) is 7.29. The van der Waals surface area contributed by atoms with Gasteiger partial charge in [-0.3, -0.25) is 4.79 Å². The Morgan fingerprint density at radius 1 is 1.08 bits per heavy atom. The second-order valence-electron chi connectivity index (χ2n) is 6.37. The van der Waals surface area contributed by atoms with Crippen LogP contribution in [-0.2, 0) is 28.1 Å². The van der Waals surface area contributed by atoms with Gasteiger partial charge in [0.25, 0.3) is 0 Å². The van der Waals surface area contributed by atoms with Crippen LogP contribution in [0.5, 0.6) is 0 Å². The lowest BCUT2D eigenvalue weighted by Gasteiger charge is -2.40. The number of amides is 1. The first-order valence-electron chi connectivity index (χ1n) is 8.25. The third kappa shape index (κ3) is 3.55. The number of halogens is 1. The highest BCUT2D eigenvalue weighted by atomic mass is 79.9. The summed E-state index contributed by atoms with van der Waals surface area (Å²) in [5.41, 5.74) is 3.01. The van der Waals surface area contributed by atoms with Gasteiger partial charge in [-0.1, -0.05) is 58.7 Å². The predicted octanol–water partition coefficient (Wildman–Crippen LogP) is 4.33. The molecule has 0 aromatic heterocycles. The molecule has 0 bridgehead atoms. The van der Waals surface area contributed by atoms with Crippen LogP contribution >= 0.6 is 15.9 Å². The molecule has 4 heteroatoms. The molecule has 24 heavy (non-hydrogen) atoms. The van der Waals surface area contributed by atoms with E-state index in [9.17, 15) is 4.79 Å². The minimum Gasteiger partial charge on any atom is -0.380 e. The number of benzene rings is 2. The Balaban J connectivity index is 1.65. The lowest BCUT2D eigenvalue weighted by molar-refractivity contribution is -0.130. The molecule has 2 aromatic rings. The summed E-state index contributed by atoms with van der Waals surface area (Å²) in [7, 11) is 1.69. The van der Waals surface area contributed by atoms with Gasteiger partial charge in [-0.2, -0.15) is 0 Å². The Hall–Kier alpha value is -1.65. The van der Waals surface area contributed by atoms with E-state index in [0.29, 0.717) is 13.2 Å². The molecule has 0 saturated heterocycles. The number of carbonyl (C=O) groups is 1. The molecule has 0 heterocycles. The third-order valence-electron chi connectivity index (χ3n) is 4.83. The van der Waals surface area contributed by atoms with Crippen LogP contribution in [0, 0.1) is 0 Å². The largest absolute Gasteiger partial charge is 0.380 e. The highest BCUT2D eigenvalue weighted by molar-refractivity contribution is 9.10. The van der Waals surface area contributed by atoms with Crippen molar-refractivity contribution in [3.05, 3.63) is 69.7 Å². The van der Waals surface area contributed by atoms with E-state index in [2.05, 4.69) is 33.4 Å². The van der Waals surface area contributed by atoms with Gasteiger partial charge in [0.05, 0.1) is 12.0 Å². The zero-order valence-corrected chi connectivity index (χ0v) is 15.4. The molecular formula is C20H22BrNO2. The van der Waals surface area contributed by atoms with Gasteiger partial charge in [-0.25, -0.2) is 0 Å². The summed E-state index contributed by atoms with van der Waals surface area (Å²) >= 11 is 3.46. The summed E-state index contributed by atoms with van der Waals surface area (Å²) in [6, 6.07) is 16.3. The first kappa shape index (κ1) is 17.2. The van der Waals surface area contributed by atoms with Crippen molar-refractivity contribution in [3.63, 3.8) is 0 Å². The Bertz CT molecular complexity index is 691. The molecule has 1 aliphatic carbocycles. The fraction of sp³-hybridized carbons (Fsp3) is 0.350. The topological polar surface area (TPSA) is 38.3 Å². The first-order chi connectivity index (χ1) is 11.6. The average molecular weight is 388 g/mol. The van der Waals surface area contributed by atoms with E-state index >= 15 is 0 Å². The van der Waals surface area contributed by atoms with Crippen LogP contribution in [0.2, 0.25) is 0 Å². The number of carbonyl (C=O) groups excluding carboxylic acids is 1. The SMILES string of the molecule is COCc1ccc(CNC(=O)C2(c3ccc(Br)cc3)CCC2)cc1. The highest BCUT2D eigenvalue weighted by Crippen LogP contribution is 2.44. The van der Waals surface area contributed by atoms with Gasteiger partial charge < -0.3 is 10.1 Å². The zero-order valence-electron chi connectivity index (χ0n) is 13.8. The smallest absolute Gasteiger partial charge is 0.230 e. The molecule has 1 N–H and O–H groups in total. The molecule has 0 atom stereocenters. The minimum atomic E-state index is -0.351. The first-order valence-corrected chi connectivity index (χ1v) is 9.04. The third-order valence-corrected chi connectivity index (χ3v) is 5.35. The Labute approximate surface area is 151 Å². The molecular weight excluding hydrogens is 366 g/mol. The fourth-order valence-corrected chi connectivity index (χ4v) is 3.48. The fourth-order valence-electron chi connectivity index (χ4n) is 3.22. The molecule has 0 unspecified atom stereocenters. The molecule has 0 radical (unpaired) electrons. The van der Waals surface area contributed by atoms with Gasteiger partial charge in [-0.05, 0) is 41.7 Å². The van der Waals surface area contributed by atoms with Crippen LogP contribution in [0.3, 0.4) is 0 Å². The van der Waals surface area contributed by atoms with E-state index in [1.165, 1.54) is 0 Å². The number of methoxy groups -OCH3 is 1. The predicted molar refractivity (Wildman–Crippen MR) is 98.7 cm³/mol. The van der Waals surface area contributed by atoms with Crippen LogP contribution in [0.1, 0.15) is 36.0 Å². The standard InChI is InChI=1S/C20H22BrNO2/c1-24-14-16-5-3-15(4-6-16)13-22-19(23)20(11-2-12-20)17-7-9-18(21)10-8-17/h3-10H,2,11-14H2,1H3,(H,22,23). The Kier molecular flexibility index (Phi) is 5.36. The number of ether oxygens (including phenoxy) is 1. The van der Waals surface area contributed by atoms with Crippen molar-refractivity contribution in [1.29, 1.82) is 0 Å². The van der Waals surface area contributed by atoms with Gasteiger partial charge in [0.2, 0.25) is 5.91 Å². The van der Waals surface area contributed by atoms with Gasteiger partial charge in [0.1, 0.15) is 0 Å². The van der Waals surface area contributed by atoms with Crippen molar-refractivity contribution in [2.24, 2.45) is 0 Å². The zero-order chi connectivity index (χ0) is 17.0. The van der Waals surface area contributed by atoms with Gasteiger partial charge in [0.15, 0.2) is 0 Å². The van der Waals surface area contributed by atoms with E-state index in [0.717, 1.165) is 40.4 Å². The van der Waals surface area contributed by atoms with Crippen molar-refractivity contribution >= 4 is 21.8 Å². The molecule has 1 saturated carbocycles. The number of nitrogens with one attached hydrogen (secondary N) is 1. The molecule has 1 aliphatic rings. The average Bonchev–Trinajstić information content (AvgIpc) is 2.55. The molecule has 126 valence electrons. The second kappa shape index (κ2) is 7.49. The van der Waals surface area contributed by atoms with Crippen molar-refractivity contribution in [2.45, 2.75) is 37.8 Å². The van der Waals surface area contributed by atoms with Crippen LogP contribution in [0.25, 0.3) is 0 Å². The van der Waals surface area contributed by atoms with E-state index in [-0.39, 0.29) is 11.3 Å². The highest BCUT2D eigenvalue weighted by Gasteiger charge is 2.45. The van der Waals surface area contributed by atoms with Crippen molar-refractivity contribution in [1.82, 2.24) is 5.32 Å². The maximum absolute atomic E-state index is 12.8. The van der Waals surface area contributed by atoms with Gasteiger partial charge >= 0.3 is 0 Å². The quantitative estimate of drug-likeness (QED) is 0.800. The van der Waals surface area contributed by atoms with E-state index < -0.39 is 0 Å². The summed E-state index contributed by atoms with van der Waals surface area (Å²) in [5, 5.41) is 3.12. The minimum absolute atomic E-state index is 0.136. The van der Waals surface area contributed by atoms with Crippen molar-refractivity contribution in [2.75, 3.05) is 7.11 Å². The lowest BCUT2D eigenvalue weighted by Crippen LogP contribution is -2.48. The summed E-state index contributed by atoms with van der Waals surface area (Å²) < 4.78 is 6.16. The molecule has 3 rings (SSSR count). The van der Waals surface area contributed by atoms with Gasteiger partial charge in [-0.15, -0.1) is 0 Å². The molecule has 0 aliphatic heterocycles. The molecule has 1 fully saturated rings. The maximum atomic E-state index is 12.8.